The Morgan fingerprint density at radius 2 is 1.39 bits per heavy atom. The maximum absolute atomic E-state index is 2.61. The molecule has 0 radical (unpaired) electrons. The number of hydrogen-bond donors (Lipinski definition) is 0. The van der Waals surface area contributed by atoms with Crippen LogP contribution in [-0.4, -0.2) is 0 Å². The van der Waals surface area contributed by atoms with Crippen LogP contribution in [0.2, 0.25) is 0 Å². The Hall–Kier alpha value is -3.38. The highest BCUT2D eigenvalue weighted by Gasteiger charge is 2.59. The predicted molar refractivity (Wildman–Crippen MR) is 148 cm³/mol. The Morgan fingerprint density at radius 3 is 2.14 bits per heavy atom. The molecule has 0 aliphatic heterocycles. The second kappa shape index (κ2) is 7.81. The quantitative estimate of drug-likeness (QED) is 0.258. The zero-order valence-electron chi connectivity index (χ0n) is 20.8. The van der Waals surface area contributed by atoms with Gasteiger partial charge in [0.25, 0.3) is 0 Å². The molecular formula is C36H32. The fourth-order valence-corrected chi connectivity index (χ4v) is 7.78. The highest BCUT2D eigenvalue weighted by Crippen LogP contribution is 2.66. The third-order valence-electron chi connectivity index (χ3n) is 9.75. The number of allylic oxidation sites excluding steroid dienone is 2. The Balaban J connectivity index is 1.12. The molecule has 1 fully saturated rings. The van der Waals surface area contributed by atoms with E-state index in [9.17, 15) is 0 Å². The fourth-order valence-electron chi connectivity index (χ4n) is 7.78. The molecule has 8 rings (SSSR count). The van der Waals surface area contributed by atoms with Gasteiger partial charge in [0.05, 0.1) is 0 Å². The highest BCUT2D eigenvalue weighted by molar-refractivity contribution is 5.88. The summed E-state index contributed by atoms with van der Waals surface area (Å²) < 4.78 is 0. The van der Waals surface area contributed by atoms with Crippen LogP contribution in [0, 0.1) is 11.8 Å². The number of benzene rings is 4. The Kier molecular flexibility index (Phi) is 4.51. The molecule has 0 amide bonds. The summed E-state index contributed by atoms with van der Waals surface area (Å²) in [6.07, 6.45) is 10.0. The molecule has 0 bridgehead atoms. The minimum Gasteiger partial charge on any atom is -0.0719 e. The van der Waals surface area contributed by atoms with Gasteiger partial charge in [-0.05, 0) is 106 Å². The first-order valence-corrected chi connectivity index (χ1v) is 13.8. The van der Waals surface area contributed by atoms with E-state index in [1.54, 1.807) is 27.8 Å². The van der Waals surface area contributed by atoms with Crippen LogP contribution in [0.4, 0.5) is 0 Å². The molecule has 0 heteroatoms. The van der Waals surface area contributed by atoms with Crippen LogP contribution in [0.15, 0.2) is 103 Å². The van der Waals surface area contributed by atoms with Crippen LogP contribution in [0.5, 0.6) is 0 Å². The lowest BCUT2D eigenvalue weighted by molar-refractivity contribution is 0.493. The van der Waals surface area contributed by atoms with Gasteiger partial charge in [0.1, 0.15) is 0 Å². The lowest BCUT2D eigenvalue weighted by atomic mass is 9.82. The number of hydrogen-bond acceptors (Lipinski definition) is 0. The van der Waals surface area contributed by atoms with Crippen LogP contribution < -0.4 is 0 Å². The van der Waals surface area contributed by atoms with Crippen molar-refractivity contribution >= 4 is 5.57 Å². The van der Waals surface area contributed by atoms with Crippen molar-refractivity contribution in [2.75, 3.05) is 0 Å². The van der Waals surface area contributed by atoms with Crippen LogP contribution in [0.3, 0.4) is 0 Å². The van der Waals surface area contributed by atoms with Crippen molar-refractivity contribution in [3.05, 3.63) is 148 Å². The number of rotatable bonds is 7. The summed E-state index contributed by atoms with van der Waals surface area (Å²) in [5, 5.41) is 0. The molecule has 4 atom stereocenters. The molecule has 0 saturated heterocycles. The second-order valence-electron chi connectivity index (χ2n) is 11.7. The summed E-state index contributed by atoms with van der Waals surface area (Å²) in [5.74, 6) is 2.28. The van der Waals surface area contributed by atoms with Gasteiger partial charge in [-0.2, -0.15) is 0 Å². The molecule has 0 nitrogen and oxygen atoms in total. The molecule has 0 aromatic heterocycles. The summed E-state index contributed by atoms with van der Waals surface area (Å²) in [5.41, 5.74) is 14.5. The van der Waals surface area contributed by atoms with Crippen molar-refractivity contribution in [1.29, 1.82) is 0 Å². The zero-order chi connectivity index (χ0) is 23.7. The van der Waals surface area contributed by atoms with E-state index in [0.29, 0.717) is 17.3 Å². The Morgan fingerprint density at radius 1 is 0.722 bits per heavy atom. The van der Waals surface area contributed by atoms with Crippen molar-refractivity contribution in [3.63, 3.8) is 0 Å². The van der Waals surface area contributed by atoms with Gasteiger partial charge in [-0.25, -0.2) is 0 Å². The summed E-state index contributed by atoms with van der Waals surface area (Å²) in [7, 11) is 0. The minimum absolute atomic E-state index is 0.495. The third-order valence-corrected chi connectivity index (χ3v) is 9.75. The van der Waals surface area contributed by atoms with Crippen LogP contribution >= 0.6 is 0 Å². The lowest BCUT2D eigenvalue weighted by Gasteiger charge is -2.21. The maximum Gasteiger partial charge on any atom is 0.00963 e. The third kappa shape index (κ3) is 3.27. The van der Waals surface area contributed by atoms with Crippen LogP contribution in [-0.2, 0) is 24.7 Å². The SMILES string of the molecule is C1=C2c3cc(Cc4ccccc4)c(Cc4ccccc4)cc3C(CC[C@]34CC3Cc3ccccc34)C12. The molecule has 0 N–H and O–H groups in total. The average Bonchev–Trinajstić information content (AvgIpc) is 3.80. The number of fused-ring (bicyclic) bond motifs is 6. The van der Waals surface area contributed by atoms with Gasteiger partial charge in [0, 0.05) is 5.92 Å². The van der Waals surface area contributed by atoms with Crippen molar-refractivity contribution in [3.8, 4) is 0 Å². The summed E-state index contributed by atoms with van der Waals surface area (Å²) in [6, 6.07) is 36.5. The van der Waals surface area contributed by atoms with E-state index >= 15 is 0 Å². The molecule has 4 aromatic carbocycles. The summed E-state index contributed by atoms with van der Waals surface area (Å²) in [6.45, 7) is 0. The lowest BCUT2D eigenvalue weighted by Crippen LogP contribution is -2.11. The standard InChI is InChI=1S/C36H32/c1-3-9-24(10-4-1)17-27-20-31-30(15-16-36-23-29(36)19-26-13-7-8-14-35(26)36)33-22-34(33)32(31)21-28(27)18-25-11-5-2-6-12-25/h1-14,20-22,29-30,33H,15-19,23H2/t29?,30?,33?,36-/m0/s1. The monoisotopic (exact) mass is 464 g/mol. The van der Waals surface area contributed by atoms with Crippen molar-refractivity contribution in [1.82, 2.24) is 0 Å². The summed E-state index contributed by atoms with van der Waals surface area (Å²) in [4.78, 5) is 0. The first kappa shape index (κ1) is 20.8. The topological polar surface area (TPSA) is 0 Å². The van der Waals surface area contributed by atoms with Gasteiger partial charge in [-0.3, -0.25) is 0 Å². The summed E-state index contributed by atoms with van der Waals surface area (Å²) >= 11 is 0. The molecule has 0 spiro atoms. The largest absolute Gasteiger partial charge is 0.0719 e. The van der Waals surface area contributed by atoms with E-state index in [4.69, 9.17) is 0 Å². The molecule has 4 aliphatic carbocycles. The van der Waals surface area contributed by atoms with Crippen molar-refractivity contribution < 1.29 is 0 Å². The van der Waals surface area contributed by atoms with Gasteiger partial charge in [0.2, 0.25) is 0 Å². The average molecular weight is 465 g/mol. The highest BCUT2D eigenvalue weighted by atomic mass is 14.6. The van der Waals surface area contributed by atoms with Gasteiger partial charge in [-0.1, -0.05) is 103 Å². The minimum atomic E-state index is 0.495. The molecule has 4 aliphatic rings. The molecule has 0 heterocycles. The van der Waals surface area contributed by atoms with Gasteiger partial charge >= 0.3 is 0 Å². The zero-order valence-corrected chi connectivity index (χ0v) is 20.8. The molecule has 1 saturated carbocycles. The van der Waals surface area contributed by atoms with Gasteiger partial charge in [-0.15, -0.1) is 0 Å². The first-order valence-electron chi connectivity index (χ1n) is 13.8. The first-order chi connectivity index (χ1) is 17.8. The van der Waals surface area contributed by atoms with E-state index in [1.165, 1.54) is 47.9 Å². The maximum atomic E-state index is 2.61. The van der Waals surface area contributed by atoms with E-state index in [0.717, 1.165) is 18.8 Å². The molecule has 4 aromatic rings. The van der Waals surface area contributed by atoms with E-state index in [-0.39, 0.29) is 0 Å². The van der Waals surface area contributed by atoms with Crippen molar-refractivity contribution in [2.45, 2.75) is 49.9 Å². The van der Waals surface area contributed by atoms with Crippen molar-refractivity contribution in [2.24, 2.45) is 11.8 Å². The van der Waals surface area contributed by atoms with E-state index in [1.807, 2.05) is 0 Å². The van der Waals surface area contributed by atoms with E-state index in [2.05, 4.69) is 103 Å². The van der Waals surface area contributed by atoms with E-state index < -0.39 is 0 Å². The fraction of sp³-hybridized carbons (Fsp3) is 0.278. The smallest absolute Gasteiger partial charge is 0.00963 e. The second-order valence-corrected chi connectivity index (χ2v) is 11.7. The molecular weight excluding hydrogens is 432 g/mol. The molecule has 176 valence electrons. The Labute approximate surface area is 214 Å². The normalized spacial score (nSPS) is 26.0. The van der Waals surface area contributed by atoms with Gasteiger partial charge in [0.15, 0.2) is 0 Å². The predicted octanol–water partition coefficient (Wildman–Crippen LogP) is 8.27. The molecule has 36 heavy (non-hydrogen) atoms. The van der Waals surface area contributed by atoms with Crippen LogP contribution in [0.25, 0.3) is 5.57 Å². The van der Waals surface area contributed by atoms with Crippen LogP contribution in [0.1, 0.15) is 69.7 Å². The Bertz CT molecular complexity index is 1490. The van der Waals surface area contributed by atoms with Gasteiger partial charge < -0.3 is 0 Å². The molecule has 3 unspecified atom stereocenters.